The van der Waals surface area contributed by atoms with Gasteiger partial charge in [0.25, 0.3) is 5.91 Å². The molecule has 1 aromatic rings. The van der Waals surface area contributed by atoms with Gasteiger partial charge >= 0.3 is 0 Å². The molecule has 4 rings (SSSR count). The number of fused-ring (bicyclic) bond motifs is 2. The number of aromatic nitrogens is 1. The van der Waals surface area contributed by atoms with Crippen LogP contribution in [-0.4, -0.2) is 72.7 Å². The lowest BCUT2D eigenvalue weighted by Crippen LogP contribution is -2.53. The van der Waals surface area contributed by atoms with E-state index in [0.717, 1.165) is 38.8 Å². The van der Waals surface area contributed by atoms with E-state index in [1.807, 2.05) is 13.8 Å². The highest BCUT2D eigenvalue weighted by molar-refractivity contribution is 7.89. The van der Waals surface area contributed by atoms with Gasteiger partial charge in [0.2, 0.25) is 10.0 Å². The van der Waals surface area contributed by atoms with Crippen LogP contribution < -0.4 is 5.32 Å². The Labute approximate surface area is 179 Å². The first kappa shape index (κ1) is 21.8. The van der Waals surface area contributed by atoms with Gasteiger partial charge in [-0.2, -0.15) is 4.31 Å². The van der Waals surface area contributed by atoms with Crippen LogP contribution in [0.25, 0.3) is 0 Å². The molecule has 0 aliphatic carbocycles. The van der Waals surface area contributed by atoms with Gasteiger partial charge < -0.3 is 14.7 Å². The number of rotatable bonds is 6. The molecule has 30 heavy (non-hydrogen) atoms. The van der Waals surface area contributed by atoms with Crippen LogP contribution in [0.2, 0.25) is 0 Å². The Bertz CT molecular complexity index is 846. The predicted molar refractivity (Wildman–Crippen MR) is 114 cm³/mol. The number of piperidine rings is 2. The average Bonchev–Trinajstić information content (AvgIpc) is 3.28. The van der Waals surface area contributed by atoms with Crippen LogP contribution in [0.3, 0.4) is 0 Å². The second kappa shape index (κ2) is 8.59. The number of hydrogen-bond acceptors (Lipinski definition) is 6. The summed E-state index contributed by atoms with van der Waals surface area (Å²) in [6.07, 6.45) is 5.01. The molecule has 3 fully saturated rings. The summed E-state index contributed by atoms with van der Waals surface area (Å²) in [6, 6.07) is 1.65. The molecule has 3 saturated heterocycles. The lowest BCUT2D eigenvalue weighted by atomic mass is 9.99. The second-order valence-corrected chi connectivity index (χ2v) is 11.6. The highest BCUT2D eigenvalue weighted by atomic mass is 32.2. The van der Waals surface area contributed by atoms with Crippen LogP contribution in [0.4, 0.5) is 0 Å². The maximum Gasteiger partial charge on any atom is 0.273 e. The van der Waals surface area contributed by atoms with Gasteiger partial charge in [-0.1, -0.05) is 19.0 Å². The van der Waals surface area contributed by atoms with E-state index in [4.69, 9.17) is 4.52 Å². The molecule has 168 valence electrons. The van der Waals surface area contributed by atoms with Gasteiger partial charge in [-0.15, -0.1) is 0 Å². The molecule has 3 atom stereocenters. The molecule has 0 aromatic carbocycles. The third-order valence-corrected chi connectivity index (χ3v) is 9.07. The van der Waals surface area contributed by atoms with E-state index in [0.29, 0.717) is 24.3 Å². The van der Waals surface area contributed by atoms with E-state index in [-0.39, 0.29) is 41.6 Å². The number of carbonyl (C=O) groups excluding carboxylic acids is 1. The number of amides is 1. The molecular weight excluding hydrogens is 404 g/mol. The summed E-state index contributed by atoms with van der Waals surface area (Å²) in [5, 5.41) is 6.94. The van der Waals surface area contributed by atoms with Gasteiger partial charge in [0.1, 0.15) is 5.76 Å². The van der Waals surface area contributed by atoms with Crippen LogP contribution in [0.15, 0.2) is 10.6 Å². The van der Waals surface area contributed by atoms with Crippen molar-refractivity contribution >= 4 is 15.9 Å². The fourth-order valence-electron chi connectivity index (χ4n) is 5.25. The molecular formula is C21H34N4O4S. The highest BCUT2D eigenvalue weighted by Crippen LogP contribution is 2.39. The van der Waals surface area contributed by atoms with Crippen LogP contribution in [0, 0.1) is 5.92 Å². The largest absolute Gasteiger partial charge is 0.360 e. The van der Waals surface area contributed by atoms with E-state index >= 15 is 0 Å². The molecule has 0 spiro atoms. The summed E-state index contributed by atoms with van der Waals surface area (Å²) in [7, 11) is -1.18. The number of sulfonamides is 1. The van der Waals surface area contributed by atoms with Crippen LogP contribution >= 0.6 is 0 Å². The predicted octanol–water partition coefficient (Wildman–Crippen LogP) is 2.19. The third kappa shape index (κ3) is 4.57. The number of likely N-dealkylation sites (tertiary alicyclic amines) is 1. The van der Waals surface area contributed by atoms with Crippen LogP contribution in [0.5, 0.6) is 0 Å². The molecule has 0 saturated carbocycles. The minimum atomic E-state index is -3.27. The summed E-state index contributed by atoms with van der Waals surface area (Å²) in [6.45, 7) is 5.92. The van der Waals surface area contributed by atoms with E-state index < -0.39 is 10.0 Å². The summed E-state index contributed by atoms with van der Waals surface area (Å²) in [5.41, 5.74) is 0.295. The summed E-state index contributed by atoms with van der Waals surface area (Å²) < 4.78 is 33.5. The maximum absolute atomic E-state index is 13.2. The van der Waals surface area contributed by atoms with E-state index in [2.05, 4.69) is 22.4 Å². The molecule has 8 nitrogen and oxygen atoms in total. The fraction of sp³-hybridized carbons (Fsp3) is 0.810. The molecule has 1 amide bonds. The van der Waals surface area contributed by atoms with Crippen molar-refractivity contribution in [2.24, 2.45) is 5.92 Å². The van der Waals surface area contributed by atoms with E-state index in [1.54, 1.807) is 10.4 Å². The van der Waals surface area contributed by atoms with Gasteiger partial charge in [0.15, 0.2) is 5.69 Å². The van der Waals surface area contributed by atoms with Crippen molar-refractivity contribution in [3.05, 3.63) is 17.5 Å². The fourth-order valence-corrected chi connectivity index (χ4v) is 7.64. The van der Waals surface area contributed by atoms with Gasteiger partial charge in [0.05, 0.1) is 5.75 Å². The Kier molecular flexibility index (Phi) is 6.23. The first-order valence-corrected chi connectivity index (χ1v) is 12.8. The minimum Gasteiger partial charge on any atom is -0.360 e. The third-order valence-electron chi connectivity index (χ3n) is 6.94. The summed E-state index contributed by atoms with van der Waals surface area (Å²) in [5.74, 6) is 1.15. The molecule has 3 aliphatic heterocycles. The zero-order chi connectivity index (χ0) is 21.5. The molecule has 1 N–H and O–H groups in total. The highest BCUT2D eigenvalue weighted by Gasteiger charge is 2.47. The Morgan fingerprint density at radius 2 is 1.83 bits per heavy atom. The number of hydrogen-bond donors (Lipinski definition) is 1. The van der Waals surface area contributed by atoms with Gasteiger partial charge in [-0.3, -0.25) is 4.79 Å². The zero-order valence-corrected chi connectivity index (χ0v) is 19.0. The lowest BCUT2D eigenvalue weighted by molar-refractivity contribution is 0.0900. The van der Waals surface area contributed by atoms with E-state index in [9.17, 15) is 13.2 Å². The quantitative estimate of drug-likeness (QED) is 0.732. The average molecular weight is 439 g/mol. The first-order valence-electron chi connectivity index (χ1n) is 11.2. The van der Waals surface area contributed by atoms with Crippen molar-refractivity contribution in [1.29, 1.82) is 0 Å². The Balaban J connectivity index is 1.36. The molecule has 1 aromatic heterocycles. The maximum atomic E-state index is 13.2. The number of nitrogens with zero attached hydrogens (tertiary/aromatic N) is 3. The lowest BCUT2D eigenvalue weighted by Gasteiger charge is -2.39. The van der Waals surface area contributed by atoms with Gasteiger partial charge in [-0.25, -0.2) is 8.42 Å². The Morgan fingerprint density at radius 3 is 2.40 bits per heavy atom. The van der Waals surface area contributed by atoms with Crippen LogP contribution in [0.1, 0.15) is 74.5 Å². The molecule has 0 radical (unpaired) electrons. The van der Waals surface area contributed by atoms with Crippen molar-refractivity contribution in [2.75, 3.05) is 25.9 Å². The Hall–Kier alpha value is -1.45. The number of nitrogens with one attached hydrogen (secondary N) is 1. The van der Waals surface area contributed by atoms with Crippen molar-refractivity contribution in [3.63, 3.8) is 0 Å². The monoisotopic (exact) mass is 438 g/mol. The second-order valence-electron chi connectivity index (χ2n) is 9.65. The topological polar surface area (TPSA) is 95.8 Å². The van der Waals surface area contributed by atoms with Crippen molar-refractivity contribution < 1.29 is 17.7 Å². The van der Waals surface area contributed by atoms with Crippen molar-refractivity contribution in [2.45, 2.75) is 76.4 Å². The number of carbonyl (C=O) groups is 1. The SMILES string of the molecule is CC(C)c1cc(C(=O)N[C@H]2C[C@H]3CC[C@@H](C2)N3S(=O)(=O)CC2CCN(C)CC2)no1. The molecule has 0 unspecified atom stereocenters. The first-order chi connectivity index (χ1) is 14.2. The molecule has 3 aliphatic rings. The van der Waals surface area contributed by atoms with Crippen molar-refractivity contribution in [3.8, 4) is 0 Å². The van der Waals surface area contributed by atoms with Gasteiger partial charge in [0, 0.05) is 30.1 Å². The zero-order valence-electron chi connectivity index (χ0n) is 18.2. The minimum absolute atomic E-state index is 0.00570. The van der Waals surface area contributed by atoms with E-state index in [1.165, 1.54) is 0 Å². The summed E-state index contributed by atoms with van der Waals surface area (Å²) in [4.78, 5) is 14.8. The normalized spacial score (nSPS) is 28.9. The standard InChI is InChI=1S/C21H34N4O4S/c1-14(2)20-12-19(23-29-20)21(26)22-16-10-17-4-5-18(11-16)25(17)30(27,28)13-15-6-8-24(3)9-7-15/h12,14-18H,4-11,13H2,1-3H3,(H,22,26)/t16-,17+,18-. The Morgan fingerprint density at radius 1 is 1.20 bits per heavy atom. The van der Waals surface area contributed by atoms with Crippen molar-refractivity contribution in [1.82, 2.24) is 19.7 Å². The molecule has 2 bridgehead atoms. The smallest absolute Gasteiger partial charge is 0.273 e. The molecule has 4 heterocycles. The van der Waals surface area contributed by atoms with Gasteiger partial charge in [-0.05, 0) is 64.6 Å². The van der Waals surface area contributed by atoms with Crippen LogP contribution in [-0.2, 0) is 10.0 Å². The molecule has 9 heteroatoms. The summed E-state index contributed by atoms with van der Waals surface area (Å²) >= 11 is 0.